The molecule has 0 bridgehead atoms. The van der Waals surface area contributed by atoms with Crippen molar-refractivity contribution in [2.45, 2.75) is 0 Å². The van der Waals surface area contributed by atoms with Gasteiger partial charge in [0.15, 0.2) is 5.58 Å². The van der Waals surface area contributed by atoms with Gasteiger partial charge in [-0.25, -0.2) is 0 Å². The molecule has 2 aromatic carbocycles. The van der Waals surface area contributed by atoms with Crippen molar-refractivity contribution in [3.05, 3.63) is 64.2 Å². The Kier molecular flexibility index (Phi) is 3.33. The lowest BCUT2D eigenvalue weighted by molar-refractivity contribution is -0.384. The van der Waals surface area contributed by atoms with Gasteiger partial charge in [0.05, 0.1) is 4.92 Å². The van der Waals surface area contributed by atoms with E-state index in [9.17, 15) is 10.1 Å². The van der Waals surface area contributed by atoms with Crippen LogP contribution in [0.15, 0.2) is 52.9 Å². The second kappa shape index (κ2) is 5.29. The van der Waals surface area contributed by atoms with Gasteiger partial charge in [-0.15, -0.1) is 0 Å². The summed E-state index contributed by atoms with van der Waals surface area (Å²) >= 11 is 5.12. The van der Waals surface area contributed by atoms with E-state index in [-0.39, 0.29) is 16.8 Å². The van der Waals surface area contributed by atoms with Crippen molar-refractivity contribution in [1.82, 2.24) is 4.98 Å². The van der Waals surface area contributed by atoms with Crippen LogP contribution in [0.5, 0.6) is 6.08 Å². The number of para-hydroxylation sites is 2. The van der Waals surface area contributed by atoms with Crippen molar-refractivity contribution in [2.24, 2.45) is 0 Å². The summed E-state index contributed by atoms with van der Waals surface area (Å²) in [7, 11) is 0. The summed E-state index contributed by atoms with van der Waals surface area (Å²) in [6.45, 7) is 0. The number of oxazole rings is 1. The fraction of sp³-hybridized carbons (Fsp3) is 0. The molecule has 3 aromatic rings. The molecule has 0 amide bonds. The van der Waals surface area contributed by atoms with Crippen LogP contribution in [0.2, 0.25) is 0 Å². The molecule has 0 spiro atoms. The quantitative estimate of drug-likeness (QED) is 0.418. The van der Waals surface area contributed by atoms with Crippen molar-refractivity contribution in [3.63, 3.8) is 0 Å². The second-order valence-corrected chi connectivity index (χ2v) is 4.51. The monoisotopic (exact) mass is 300 g/mol. The molecule has 0 N–H and O–H groups in total. The Morgan fingerprint density at radius 1 is 1.19 bits per heavy atom. The van der Waals surface area contributed by atoms with Gasteiger partial charge in [-0.3, -0.25) is 10.1 Å². The number of ether oxygens (including phenoxy) is 1. The first-order valence-electron chi connectivity index (χ1n) is 5.96. The molecule has 1 heterocycles. The van der Waals surface area contributed by atoms with Gasteiger partial charge in [-0.1, -0.05) is 12.1 Å². The van der Waals surface area contributed by atoms with E-state index < -0.39 is 4.92 Å². The van der Waals surface area contributed by atoms with Crippen LogP contribution in [0.25, 0.3) is 11.1 Å². The summed E-state index contributed by atoms with van der Waals surface area (Å²) in [6, 6.07) is 13.0. The van der Waals surface area contributed by atoms with Gasteiger partial charge < -0.3 is 9.15 Å². The number of aromatic nitrogens is 1. The molecule has 104 valence electrons. The molecule has 1 aromatic heterocycles. The number of fused-ring (bicyclic) bond motifs is 1. The summed E-state index contributed by atoms with van der Waals surface area (Å²) in [5.74, 6) is 0. The summed E-state index contributed by atoms with van der Waals surface area (Å²) in [6.07, 6.45) is 0.0413. The molecule has 0 fully saturated rings. The molecule has 0 saturated carbocycles. The van der Waals surface area contributed by atoms with Crippen molar-refractivity contribution >= 4 is 34.1 Å². The number of rotatable bonds is 3. The zero-order chi connectivity index (χ0) is 14.8. The van der Waals surface area contributed by atoms with Crippen LogP contribution in [-0.4, -0.2) is 15.0 Å². The van der Waals surface area contributed by atoms with E-state index in [4.69, 9.17) is 21.4 Å². The maximum atomic E-state index is 10.6. The van der Waals surface area contributed by atoms with Crippen molar-refractivity contribution in [2.75, 3.05) is 0 Å². The highest BCUT2D eigenvalue weighted by molar-refractivity contribution is 7.80. The minimum atomic E-state index is -0.478. The highest BCUT2D eigenvalue weighted by Gasteiger charge is 2.12. The number of hydrogen-bond donors (Lipinski definition) is 0. The molecule has 6 nitrogen and oxygen atoms in total. The molecule has 0 aliphatic heterocycles. The Labute approximate surface area is 124 Å². The average molecular weight is 300 g/mol. The van der Waals surface area contributed by atoms with Crippen LogP contribution in [0, 0.1) is 10.1 Å². The van der Waals surface area contributed by atoms with E-state index in [0.717, 1.165) is 0 Å². The number of nitro benzene ring substituents is 1. The van der Waals surface area contributed by atoms with E-state index in [1.54, 1.807) is 12.1 Å². The number of nitrogens with zero attached hydrogens (tertiary/aromatic N) is 2. The topological polar surface area (TPSA) is 78.4 Å². The first kappa shape index (κ1) is 13.2. The fourth-order valence-electron chi connectivity index (χ4n) is 1.75. The van der Waals surface area contributed by atoms with Gasteiger partial charge in [0, 0.05) is 17.7 Å². The van der Waals surface area contributed by atoms with Crippen LogP contribution in [0.4, 0.5) is 5.69 Å². The van der Waals surface area contributed by atoms with Crippen molar-refractivity contribution in [1.29, 1.82) is 0 Å². The van der Waals surface area contributed by atoms with Gasteiger partial charge in [-0.05, 0) is 36.5 Å². The second-order valence-electron chi connectivity index (χ2n) is 4.14. The van der Waals surface area contributed by atoms with Gasteiger partial charge in [-0.2, -0.15) is 4.98 Å². The first-order chi connectivity index (χ1) is 10.1. The maximum absolute atomic E-state index is 10.6. The molecular formula is C14H8N2O4S. The Morgan fingerprint density at radius 2 is 1.90 bits per heavy atom. The molecule has 7 heteroatoms. The molecule has 0 unspecified atom stereocenters. The summed E-state index contributed by atoms with van der Waals surface area (Å²) in [5, 5.41) is 10.7. The first-order valence-corrected chi connectivity index (χ1v) is 6.36. The molecule has 3 rings (SSSR count). The number of non-ortho nitro benzene ring substituents is 1. The van der Waals surface area contributed by atoms with E-state index in [2.05, 4.69) is 4.98 Å². The van der Waals surface area contributed by atoms with Gasteiger partial charge in [0.2, 0.25) is 5.05 Å². The van der Waals surface area contributed by atoms with Crippen LogP contribution in [-0.2, 0) is 0 Å². The molecule has 21 heavy (non-hydrogen) atoms. The van der Waals surface area contributed by atoms with E-state index in [0.29, 0.717) is 16.7 Å². The molecular weight excluding hydrogens is 292 g/mol. The van der Waals surface area contributed by atoms with E-state index in [1.807, 2.05) is 12.1 Å². The lowest BCUT2D eigenvalue weighted by Crippen LogP contribution is -2.07. The third-order valence-electron chi connectivity index (χ3n) is 2.77. The number of thiocarbonyl (C=S) groups is 1. The third kappa shape index (κ3) is 2.72. The standard InChI is InChI=1S/C14H8N2O4S/c17-16(18)10-7-5-9(6-8-10)13(21)20-14-15-11-3-1-2-4-12(11)19-14/h1-8H. The van der Waals surface area contributed by atoms with Crippen molar-refractivity contribution in [3.8, 4) is 6.08 Å². The van der Waals surface area contributed by atoms with Crippen LogP contribution in [0.1, 0.15) is 5.56 Å². The number of benzene rings is 2. The van der Waals surface area contributed by atoms with Crippen LogP contribution >= 0.6 is 12.2 Å². The number of nitro groups is 1. The van der Waals surface area contributed by atoms with Gasteiger partial charge in [0.1, 0.15) is 5.52 Å². The number of hydrogen-bond acceptors (Lipinski definition) is 6. The predicted molar refractivity (Wildman–Crippen MR) is 79.4 cm³/mol. The zero-order valence-corrected chi connectivity index (χ0v) is 11.4. The van der Waals surface area contributed by atoms with Gasteiger partial charge in [0.25, 0.3) is 5.69 Å². The highest BCUT2D eigenvalue weighted by atomic mass is 32.1. The van der Waals surface area contributed by atoms with Gasteiger partial charge >= 0.3 is 6.08 Å². The Bertz CT molecular complexity index is 793. The minimum absolute atomic E-state index is 0.0107. The minimum Gasteiger partial charge on any atom is -0.409 e. The molecule has 0 aliphatic carbocycles. The predicted octanol–water partition coefficient (Wildman–Crippen LogP) is 3.49. The smallest absolute Gasteiger partial charge is 0.401 e. The molecule has 0 saturated heterocycles. The molecule has 0 atom stereocenters. The lowest BCUT2D eigenvalue weighted by Gasteiger charge is -2.02. The Morgan fingerprint density at radius 3 is 2.57 bits per heavy atom. The van der Waals surface area contributed by atoms with E-state index in [1.165, 1.54) is 24.3 Å². The average Bonchev–Trinajstić information content (AvgIpc) is 2.89. The highest BCUT2D eigenvalue weighted by Crippen LogP contribution is 2.21. The van der Waals surface area contributed by atoms with Crippen LogP contribution < -0.4 is 4.74 Å². The normalized spacial score (nSPS) is 10.5. The molecule has 0 radical (unpaired) electrons. The van der Waals surface area contributed by atoms with E-state index >= 15 is 0 Å². The van der Waals surface area contributed by atoms with Crippen LogP contribution in [0.3, 0.4) is 0 Å². The third-order valence-corrected chi connectivity index (χ3v) is 3.09. The lowest BCUT2D eigenvalue weighted by atomic mass is 10.2. The fourth-order valence-corrected chi connectivity index (χ4v) is 1.96. The zero-order valence-electron chi connectivity index (χ0n) is 10.6. The van der Waals surface area contributed by atoms with Crippen molar-refractivity contribution < 1.29 is 14.1 Å². The largest absolute Gasteiger partial charge is 0.409 e. The molecule has 0 aliphatic rings. The maximum Gasteiger partial charge on any atom is 0.401 e. The SMILES string of the molecule is O=[N+]([O-])c1ccc(C(=S)Oc2nc3ccccc3o2)cc1. The Hall–Kier alpha value is -2.80. The summed E-state index contributed by atoms with van der Waals surface area (Å²) in [5.41, 5.74) is 1.79. The Balaban J connectivity index is 1.80. The summed E-state index contributed by atoms with van der Waals surface area (Å²) in [4.78, 5) is 14.3. The summed E-state index contributed by atoms with van der Waals surface area (Å²) < 4.78 is 10.8.